The van der Waals surface area contributed by atoms with Crippen molar-refractivity contribution in [3.8, 4) is 22.6 Å². The first-order valence-electron chi connectivity index (χ1n) is 16.2. The molecule has 0 fully saturated rings. The molecule has 0 bridgehead atoms. The van der Waals surface area contributed by atoms with Crippen molar-refractivity contribution < 1.29 is 14.3 Å². The van der Waals surface area contributed by atoms with Gasteiger partial charge in [0.25, 0.3) is 0 Å². The average Bonchev–Trinajstić information content (AvgIpc) is 3.37. The van der Waals surface area contributed by atoms with Crippen LogP contribution in [0, 0.1) is 0 Å². The second-order valence-corrected chi connectivity index (χ2v) is 12.3. The number of para-hydroxylation sites is 1. The lowest BCUT2D eigenvalue weighted by Gasteiger charge is -2.38. The topological polar surface area (TPSA) is 50.8 Å². The standard InChI is InChI=1S/C40H37ClN2O3/c1-3-5-24-43(25-6-4-2)27-22-23-32-37(26-27)45-36-21-13-20-35(38(36)40(32)31-17-10-7-16-30(31)39(44)46-40)42-34-19-12-9-15-29(34)28-14-8-11-18-33(28)41/h7-23,26,42H,3-6,24-25H2,1-2H3. The van der Waals surface area contributed by atoms with E-state index in [2.05, 4.69) is 48.3 Å². The van der Waals surface area contributed by atoms with Crippen LogP contribution in [-0.2, 0) is 10.3 Å². The Bertz CT molecular complexity index is 1910. The maximum Gasteiger partial charge on any atom is 0.340 e. The van der Waals surface area contributed by atoms with Crippen molar-refractivity contribution >= 4 is 34.6 Å². The number of carbonyl (C=O) groups excluding carboxylic acids is 1. The zero-order chi connectivity index (χ0) is 31.7. The van der Waals surface area contributed by atoms with Crippen LogP contribution in [0.5, 0.6) is 11.5 Å². The Kier molecular flexibility index (Phi) is 8.18. The van der Waals surface area contributed by atoms with E-state index in [0.717, 1.165) is 83.7 Å². The Morgan fingerprint density at radius 1 is 0.696 bits per heavy atom. The second kappa shape index (κ2) is 12.6. The first-order chi connectivity index (χ1) is 22.5. The fourth-order valence-electron chi connectivity index (χ4n) is 6.74. The van der Waals surface area contributed by atoms with Crippen molar-refractivity contribution in [1.29, 1.82) is 0 Å². The molecule has 7 rings (SSSR count). The largest absolute Gasteiger partial charge is 0.456 e. The van der Waals surface area contributed by atoms with E-state index in [4.69, 9.17) is 21.1 Å². The lowest BCUT2D eigenvalue weighted by atomic mass is 9.76. The van der Waals surface area contributed by atoms with E-state index >= 15 is 0 Å². The van der Waals surface area contributed by atoms with Gasteiger partial charge in [0.15, 0.2) is 5.60 Å². The molecule has 5 aromatic rings. The molecule has 1 spiro atoms. The number of fused-ring (bicyclic) bond motifs is 6. The normalized spacial score (nSPS) is 15.8. The van der Waals surface area contributed by atoms with Crippen LogP contribution in [0.25, 0.3) is 11.1 Å². The van der Waals surface area contributed by atoms with Crippen molar-refractivity contribution in [3.05, 3.63) is 136 Å². The number of nitrogens with one attached hydrogen (secondary N) is 1. The fraction of sp³-hybridized carbons (Fsp3) is 0.225. The SMILES string of the molecule is CCCCN(CCCC)c1ccc2c(c1)Oc1cccc(Nc3ccccc3-c3ccccc3Cl)c1C21OC(=O)c2ccccc21. The Hall–Kier alpha value is -4.74. The molecule has 1 N–H and O–H groups in total. The third kappa shape index (κ3) is 5.09. The summed E-state index contributed by atoms with van der Waals surface area (Å²) in [6.45, 7) is 6.40. The minimum absolute atomic E-state index is 0.350. The highest BCUT2D eigenvalue weighted by Gasteiger charge is 2.54. The number of ether oxygens (including phenoxy) is 2. The smallest absolute Gasteiger partial charge is 0.340 e. The zero-order valence-electron chi connectivity index (χ0n) is 26.2. The first kappa shape index (κ1) is 29.9. The zero-order valence-corrected chi connectivity index (χ0v) is 26.9. The summed E-state index contributed by atoms with van der Waals surface area (Å²) in [6, 6.07) is 35.9. The number of esters is 1. The predicted octanol–water partition coefficient (Wildman–Crippen LogP) is 10.7. The Balaban J connectivity index is 1.40. The van der Waals surface area contributed by atoms with Gasteiger partial charge in [-0.15, -0.1) is 0 Å². The van der Waals surface area contributed by atoms with E-state index in [1.807, 2.05) is 84.9 Å². The van der Waals surface area contributed by atoms with Gasteiger partial charge in [-0.25, -0.2) is 4.79 Å². The van der Waals surface area contributed by atoms with Crippen LogP contribution in [0.15, 0.2) is 109 Å². The molecular formula is C40H37ClN2O3. The van der Waals surface area contributed by atoms with Crippen molar-refractivity contribution in [2.24, 2.45) is 0 Å². The Morgan fingerprint density at radius 3 is 2.13 bits per heavy atom. The van der Waals surface area contributed by atoms with E-state index in [-0.39, 0.29) is 5.97 Å². The summed E-state index contributed by atoms with van der Waals surface area (Å²) in [5.74, 6) is 0.987. The molecule has 6 heteroatoms. The quantitative estimate of drug-likeness (QED) is 0.156. The molecule has 232 valence electrons. The maximum absolute atomic E-state index is 13.6. The molecule has 2 heterocycles. The van der Waals surface area contributed by atoms with E-state index in [1.165, 1.54) is 0 Å². The Labute approximate surface area is 275 Å². The fourth-order valence-corrected chi connectivity index (χ4v) is 6.98. The van der Waals surface area contributed by atoms with E-state index in [9.17, 15) is 4.79 Å². The summed E-state index contributed by atoms with van der Waals surface area (Å²) >= 11 is 6.66. The third-order valence-electron chi connectivity index (χ3n) is 9.00. The van der Waals surface area contributed by atoms with Gasteiger partial charge in [-0.1, -0.05) is 99.0 Å². The Morgan fingerprint density at radius 2 is 1.37 bits per heavy atom. The summed E-state index contributed by atoms with van der Waals surface area (Å²) < 4.78 is 13.3. The van der Waals surface area contributed by atoms with Crippen LogP contribution in [0.1, 0.15) is 66.6 Å². The van der Waals surface area contributed by atoms with E-state index in [0.29, 0.717) is 22.1 Å². The molecule has 2 aliphatic heterocycles. The number of nitrogens with zero attached hydrogens (tertiary/aromatic N) is 1. The van der Waals surface area contributed by atoms with Gasteiger partial charge < -0.3 is 19.7 Å². The van der Waals surface area contributed by atoms with Crippen LogP contribution in [0.2, 0.25) is 5.02 Å². The van der Waals surface area contributed by atoms with Crippen molar-refractivity contribution in [2.45, 2.75) is 45.1 Å². The molecule has 0 saturated heterocycles. The molecule has 1 unspecified atom stereocenters. The average molecular weight is 629 g/mol. The molecule has 0 radical (unpaired) electrons. The van der Waals surface area contributed by atoms with Crippen molar-refractivity contribution in [1.82, 2.24) is 0 Å². The lowest BCUT2D eigenvalue weighted by molar-refractivity contribution is 0.0227. The number of benzene rings is 5. The number of halogens is 1. The van der Waals surface area contributed by atoms with Crippen LogP contribution in [0.3, 0.4) is 0 Å². The minimum atomic E-state index is -1.20. The van der Waals surface area contributed by atoms with E-state index in [1.54, 1.807) is 0 Å². The van der Waals surface area contributed by atoms with Crippen molar-refractivity contribution in [2.75, 3.05) is 23.3 Å². The van der Waals surface area contributed by atoms with Gasteiger partial charge in [0, 0.05) is 57.8 Å². The summed E-state index contributed by atoms with van der Waals surface area (Å²) in [4.78, 5) is 16.1. The van der Waals surface area contributed by atoms with Gasteiger partial charge in [-0.05, 0) is 55.3 Å². The summed E-state index contributed by atoms with van der Waals surface area (Å²) in [6.07, 6.45) is 4.49. The molecular weight excluding hydrogens is 592 g/mol. The predicted molar refractivity (Wildman–Crippen MR) is 187 cm³/mol. The molecule has 5 nitrogen and oxygen atoms in total. The molecule has 5 aromatic carbocycles. The highest BCUT2D eigenvalue weighted by Crippen LogP contribution is 2.59. The highest BCUT2D eigenvalue weighted by atomic mass is 35.5. The molecule has 46 heavy (non-hydrogen) atoms. The van der Waals surface area contributed by atoms with E-state index < -0.39 is 5.60 Å². The van der Waals surface area contributed by atoms with Crippen molar-refractivity contribution in [3.63, 3.8) is 0 Å². The van der Waals surface area contributed by atoms with Gasteiger partial charge in [0.05, 0.1) is 16.8 Å². The first-order valence-corrected chi connectivity index (χ1v) is 16.6. The van der Waals surface area contributed by atoms with Crippen LogP contribution >= 0.6 is 11.6 Å². The van der Waals surface area contributed by atoms with Gasteiger partial charge in [-0.2, -0.15) is 0 Å². The number of hydrogen-bond acceptors (Lipinski definition) is 5. The number of rotatable bonds is 10. The summed E-state index contributed by atoms with van der Waals surface area (Å²) in [5, 5.41) is 4.36. The van der Waals surface area contributed by atoms with Gasteiger partial charge in [0.2, 0.25) is 0 Å². The van der Waals surface area contributed by atoms with Gasteiger partial charge in [-0.3, -0.25) is 0 Å². The molecule has 0 saturated carbocycles. The molecule has 1 atom stereocenters. The minimum Gasteiger partial charge on any atom is -0.456 e. The van der Waals surface area contributed by atoms with Crippen LogP contribution in [0.4, 0.5) is 17.1 Å². The molecule has 0 aromatic heterocycles. The van der Waals surface area contributed by atoms with Gasteiger partial charge >= 0.3 is 5.97 Å². The third-order valence-corrected chi connectivity index (χ3v) is 9.33. The number of anilines is 3. The maximum atomic E-state index is 13.6. The van der Waals surface area contributed by atoms with Crippen LogP contribution < -0.4 is 15.0 Å². The number of unbranched alkanes of at least 4 members (excludes halogenated alkanes) is 2. The second-order valence-electron chi connectivity index (χ2n) is 11.9. The lowest BCUT2D eigenvalue weighted by Crippen LogP contribution is -2.34. The molecule has 2 aliphatic rings. The number of hydrogen-bond donors (Lipinski definition) is 1. The highest BCUT2D eigenvalue weighted by molar-refractivity contribution is 6.33. The molecule has 0 amide bonds. The van der Waals surface area contributed by atoms with Crippen LogP contribution in [-0.4, -0.2) is 19.1 Å². The summed E-state index contributed by atoms with van der Waals surface area (Å²) in [7, 11) is 0. The summed E-state index contributed by atoms with van der Waals surface area (Å²) in [5.41, 5.74) is 6.39. The number of carbonyl (C=O) groups is 1. The monoisotopic (exact) mass is 628 g/mol. The van der Waals surface area contributed by atoms with Gasteiger partial charge in [0.1, 0.15) is 11.5 Å². The molecule has 0 aliphatic carbocycles.